The number of piperidine rings is 1. The number of aryl methyl sites for hydroxylation is 3. The number of carbonyl (C=O) groups excluding carboxylic acids is 1. The molecule has 1 unspecified atom stereocenters. The number of nitrogens with one attached hydrogen (secondary N) is 3. The first kappa shape index (κ1) is 27.7. The molecule has 8 nitrogen and oxygen atoms in total. The summed E-state index contributed by atoms with van der Waals surface area (Å²) in [6.07, 6.45) is 3.55. The van der Waals surface area contributed by atoms with Gasteiger partial charge in [0.1, 0.15) is 11.7 Å². The van der Waals surface area contributed by atoms with E-state index in [4.69, 9.17) is 27.7 Å². The first-order chi connectivity index (χ1) is 19.3. The fraction of sp³-hybridized carbons (Fsp3) is 0.323. The maximum Gasteiger partial charge on any atom is 0.241 e. The standard InChI is InChI=1S/C31H36ClN7O/c1-20(39-16-14-24(15-17-39)35-25-5-3-4-23(32)18-25)31(40)36-26-11-12-28-27(19-26)37-29(38(28)2)13-8-21-6-9-22(10-7-21)30(33)34/h3-7,9-12,18-20,24,35H,8,13-17H2,1-2H3,(H3,33,34)(H,36,40). The molecule has 0 saturated carbocycles. The number of amides is 1. The van der Waals surface area contributed by atoms with Gasteiger partial charge in [-0.25, -0.2) is 4.98 Å². The number of aromatic nitrogens is 2. The van der Waals surface area contributed by atoms with E-state index < -0.39 is 0 Å². The quantitative estimate of drug-likeness (QED) is 0.167. The van der Waals surface area contributed by atoms with Gasteiger partial charge in [-0.3, -0.25) is 15.1 Å². The summed E-state index contributed by atoms with van der Waals surface area (Å²) >= 11 is 6.11. The number of rotatable bonds is 9. The molecule has 1 aliphatic heterocycles. The molecule has 1 fully saturated rings. The molecule has 40 heavy (non-hydrogen) atoms. The molecular formula is C31H36ClN7O. The van der Waals surface area contributed by atoms with Crippen LogP contribution in [0, 0.1) is 5.41 Å². The normalized spacial score (nSPS) is 15.2. The third-order valence-electron chi connectivity index (χ3n) is 7.80. The molecule has 3 aromatic carbocycles. The van der Waals surface area contributed by atoms with E-state index in [0.717, 1.165) is 77.6 Å². The summed E-state index contributed by atoms with van der Waals surface area (Å²) in [6, 6.07) is 21.6. The van der Waals surface area contributed by atoms with Gasteiger partial charge < -0.3 is 20.9 Å². The molecule has 0 bridgehead atoms. The minimum absolute atomic E-state index is 0.00855. The lowest BCUT2D eigenvalue weighted by Gasteiger charge is -2.36. The lowest BCUT2D eigenvalue weighted by Crippen LogP contribution is -2.48. The second kappa shape index (κ2) is 12.1. The third-order valence-corrected chi connectivity index (χ3v) is 8.03. The van der Waals surface area contributed by atoms with Crippen molar-refractivity contribution in [1.29, 1.82) is 5.41 Å². The summed E-state index contributed by atoms with van der Waals surface area (Å²) in [4.78, 5) is 20.2. The largest absolute Gasteiger partial charge is 0.384 e. The van der Waals surface area contributed by atoms with Gasteiger partial charge in [0.2, 0.25) is 5.91 Å². The van der Waals surface area contributed by atoms with Crippen molar-refractivity contribution >= 4 is 45.8 Å². The summed E-state index contributed by atoms with van der Waals surface area (Å²) in [6.45, 7) is 3.68. The molecule has 1 aromatic heterocycles. The van der Waals surface area contributed by atoms with Gasteiger partial charge in [0.05, 0.1) is 17.1 Å². The SMILES string of the molecule is CC(C(=O)Nc1ccc2c(c1)nc(CCc1ccc(C(=N)N)cc1)n2C)N1CCC(Nc2cccc(Cl)c2)CC1. The number of imidazole rings is 1. The summed E-state index contributed by atoms with van der Waals surface area (Å²) in [5.74, 6) is 1.05. The maximum atomic E-state index is 13.1. The molecule has 0 radical (unpaired) electrons. The molecule has 1 amide bonds. The zero-order valence-corrected chi connectivity index (χ0v) is 23.7. The zero-order valence-electron chi connectivity index (χ0n) is 23.0. The highest BCUT2D eigenvalue weighted by Gasteiger charge is 2.27. The number of fused-ring (bicyclic) bond motifs is 1. The molecule has 2 heterocycles. The average molecular weight is 558 g/mol. The van der Waals surface area contributed by atoms with Gasteiger partial charge in [-0.05, 0) is 68.1 Å². The van der Waals surface area contributed by atoms with Gasteiger partial charge in [-0.1, -0.05) is 41.9 Å². The van der Waals surface area contributed by atoms with E-state index in [0.29, 0.717) is 6.04 Å². The van der Waals surface area contributed by atoms with E-state index in [-0.39, 0.29) is 17.8 Å². The number of halogens is 1. The van der Waals surface area contributed by atoms with Gasteiger partial charge in [-0.2, -0.15) is 0 Å². The number of nitrogen functional groups attached to an aromatic ring is 1. The number of hydrogen-bond donors (Lipinski definition) is 4. The lowest BCUT2D eigenvalue weighted by atomic mass is 10.0. The second-order valence-electron chi connectivity index (χ2n) is 10.5. The van der Waals surface area contributed by atoms with Crippen LogP contribution in [0.1, 0.15) is 36.7 Å². The molecule has 5 rings (SSSR count). The van der Waals surface area contributed by atoms with Crippen molar-refractivity contribution in [3.8, 4) is 0 Å². The molecule has 1 aliphatic rings. The first-order valence-corrected chi connectivity index (χ1v) is 14.1. The van der Waals surface area contributed by atoms with Crippen LogP contribution >= 0.6 is 11.6 Å². The number of anilines is 2. The summed E-state index contributed by atoms with van der Waals surface area (Å²) in [5, 5.41) is 14.9. The molecule has 0 aliphatic carbocycles. The van der Waals surface area contributed by atoms with Crippen LogP contribution < -0.4 is 16.4 Å². The van der Waals surface area contributed by atoms with Crippen molar-refractivity contribution in [2.24, 2.45) is 12.8 Å². The van der Waals surface area contributed by atoms with Crippen LogP contribution in [0.5, 0.6) is 0 Å². The Morgan fingerprint density at radius 2 is 1.82 bits per heavy atom. The van der Waals surface area contributed by atoms with Gasteiger partial charge in [0, 0.05) is 54.6 Å². The average Bonchev–Trinajstić information content (AvgIpc) is 3.26. The van der Waals surface area contributed by atoms with E-state index in [9.17, 15) is 4.79 Å². The van der Waals surface area contributed by atoms with Gasteiger partial charge >= 0.3 is 0 Å². The predicted octanol–water partition coefficient (Wildman–Crippen LogP) is 5.20. The van der Waals surface area contributed by atoms with Crippen LogP contribution in [0.4, 0.5) is 11.4 Å². The van der Waals surface area contributed by atoms with Crippen LogP contribution in [-0.4, -0.2) is 51.4 Å². The molecule has 0 spiro atoms. The molecule has 5 N–H and O–H groups in total. The molecular weight excluding hydrogens is 522 g/mol. The van der Waals surface area contributed by atoms with Crippen molar-refractivity contribution in [3.63, 3.8) is 0 Å². The highest BCUT2D eigenvalue weighted by molar-refractivity contribution is 6.30. The minimum Gasteiger partial charge on any atom is -0.384 e. The topological polar surface area (TPSA) is 112 Å². The fourth-order valence-corrected chi connectivity index (χ4v) is 5.51. The Morgan fingerprint density at radius 3 is 2.52 bits per heavy atom. The number of hydrogen-bond acceptors (Lipinski definition) is 5. The van der Waals surface area contributed by atoms with Crippen LogP contribution in [-0.2, 0) is 24.7 Å². The van der Waals surface area contributed by atoms with E-state index in [2.05, 4.69) is 20.1 Å². The molecule has 1 saturated heterocycles. The summed E-state index contributed by atoms with van der Waals surface area (Å²) < 4.78 is 2.11. The summed E-state index contributed by atoms with van der Waals surface area (Å²) in [7, 11) is 2.02. The minimum atomic E-state index is -0.225. The second-order valence-corrected chi connectivity index (χ2v) is 11.0. The van der Waals surface area contributed by atoms with Crippen LogP contribution in [0.2, 0.25) is 5.02 Å². The Kier molecular flexibility index (Phi) is 8.38. The number of nitrogens with zero attached hydrogens (tertiary/aromatic N) is 3. The predicted molar refractivity (Wildman–Crippen MR) is 163 cm³/mol. The van der Waals surface area contributed by atoms with Gasteiger partial charge in [0.15, 0.2) is 0 Å². The Morgan fingerprint density at radius 1 is 1.07 bits per heavy atom. The third kappa shape index (κ3) is 6.46. The van der Waals surface area contributed by atoms with E-state index in [1.54, 1.807) is 0 Å². The van der Waals surface area contributed by atoms with Gasteiger partial charge in [0.25, 0.3) is 0 Å². The Bertz CT molecular complexity index is 1510. The number of carbonyl (C=O) groups is 1. The van der Waals surface area contributed by atoms with Crippen molar-refractivity contribution in [2.45, 2.75) is 44.7 Å². The van der Waals surface area contributed by atoms with Crippen molar-refractivity contribution in [3.05, 3.63) is 88.7 Å². The Balaban J connectivity index is 1.16. The number of likely N-dealkylation sites (tertiary alicyclic amines) is 1. The van der Waals surface area contributed by atoms with E-state index >= 15 is 0 Å². The van der Waals surface area contributed by atoms with Crippen LogP contribution in [0.3, 0.4) is 0 Å². The smallest absolute Gasteiger partial charge is 0.241 e. The zero-order chi connectivity index (χ0) is 28.2. The molecule has 9 heteroatoms. The van der Waals surface area contributed by atoms with Crippen molar-refractivity contribution < 1.29 is 4.79 Å². The number of nitrogens with two attached hydrogens (primary N) is 1. The monoisotopic (exact) mass is 557 g/mol. The van der Waals surface area contributed by atoms with E-state index in [1.165, 1.54) is 5.56 Å². The fourth-order valence-electron chi connectivity index (χ4n) is 5.32. The van der Waals surface area contributed by atoms with Crippen molar-refractivity contribution in [1.82, 2.24) is 14.5 Å². The van der Waals surface area contributed by atoms with Gasteiger partial charge in [-0.15, -0.1) is 0 Å². The van der Waals surface area contributed by atoms with Crippen LogP contribution in [0.15, 0.2) is 66.7 Å². The number of benzene rings is 3. The van der Waals surface area contributed by atoms with Crippen LogP contribution in [0.25, 0.3) is 11.0 Å². The maximum absolute atomic E-state index is 13.1. The highest BCUT2D eigenvalue weighted by Crippen LogP contribution is 2.23. The number of amidine groups is 1. The Labute approximate surface area is 240 Å². The summed E-state index contributed by atoms with van der Waals surface area (Å²) in [5.41, 5.74) is 11.1. The van der Waals surface area contributed by atoms with E-state index in [1.807, 2.05) is 80.7 Å². The van der Waals surface area contributed by atoms with Crippen molar-refractivity contribution in [2.75, 3.05) is 23.7 Å². The molecule has 1 atom stereocenters. The highest BCUT2D eigenvalue weighted by atomic mass is 35.5. The Hall–Kier alpha value is -3.88. The molecule has 4 aromatic rings. The first-order valence-electron chi connectivity index (χ1n) is 13.7. The lowest BCUT2D eigenvalue weighted by molar-refractivity contribution is -0.121. The molecule has 208 valence electrons.